The van der Waals surface area contributed by atoms with E-state index in [0.717, 1.165) is 0 Å². The van der Waals surface area contributed by atoms with E-state index in [4.69, 9.17) is 11.0 Å². The number of hydrogen-bond acceptors (Lipinski definition) is 3. The zero-order valence-electron chi connectivity index (χ0n) is 8.83. The van der Waals surface area contributed by atoms with Gasteiger partial charge in [0.15, 0.2) is 0 Å². The highest BCUT2D eigenvalue weighted by Gasteiger charge is 2.11. The predicted octanol–water partition coefficient (Wildman–Crippen LogP) is 1.37. The molecule has 3 N–H and O–H groups in total. The molecule has 1 aromatic carbocycles. The van der Waals surface area contributed by atoms with Crippen LogP contribution in [-0.4, -0.2) is 11.9 Å². The Labute approximate surface area is 92.9 Å². The number of nitrogens with two attached hydrogens (primary N) is 1. The molecule has 0 heterocycles. The molecule has 1 amide bonds. The van der Waals surface area contributed by atoms with Gasteiger partial charge in [-0.3, -0.25) is 4.79 Å². The minimum absolute atomic E-state index is 0.0566. The number of halogens is 1. The van der Waals surface area contributed by atoms with Gasteiger partial charge in [0.2, 0.25) is 5.91 Å². The van der Waals surface area contributed by atoms with Crippen molar-refractivity contribution < 1.29 is 9.18 Å². The molecule has 84 valence electrons. The second-order valence-corrected chi connectivity index (χ2v) is 3.49. The standard InChI is InChI=1S/C11H12FN3O/c1-7(5-11(14)16)15-10-4-2-3-9(12)8(10)6-13/h2-4,7,15H,5H2,1H3,(H2,14,16). The summed E-state index contributed by atoms with van der Waals surface area (Å²) in [6, 6.07) is 5.81. The zero-order valence-corrected chi connectivity index (χ0v) is 8.83. The fraction of sp³-hybridized carbons (Fsp3) is 0.273. The largest absolute Gasteiger partial charge is 0.381 e. The van der Waals surface area contributed by atoms with E-state index in [2.05, 4.69) is 5.32 Å². The highest BCUT2D eigenvalue weighted by atomic mass is 19.1. The van der Waals surface area contributed by atoms with Gasteiger partial charge in [0.1, 0.15) is 17.4 Å². The number of amides is 1. The summed E-state index contributed by atoms with van der Waals surface area (Å²) in [4.78, 5) is 10.7. The lowest BCUT2D eigenvalue weighted by Crippen LogP contribution is -2.24. The average molecular weight is 221 g/mol. The maximum absolute atomic E-state index is 13.2. The van der Waals surface area contributed by atoms with E-state index in [1.807, 2.05) is 0 Å². The van der Waals surface area contributed by atoms with E-state index < -0.39 is 11.7 Å². The van der Waals surface area contributed by atoms with E-state index in [1.165, 1.54) is 12.1 Å². The Morgan fingerprint density at radius 3 is 2.94 bits per heavy atom. The highest BCUT2D eigenvalue weighted by molar-refractivity contribution is 5.75. The van der Waals surface area contributed by atoms with Crippen molar-refractivity contribution in [2.24, 2.45) is 5.73 Å². The third-order valence-electron chi connectivity index (χ3n) is 2.03. The van der Waals surface area contributed by atoms with E-state index >= 15 is 0 Å². The van der Waals surface area contributed by atoms with Crippen LogP contribution in [0.4, 0.5) is 10.1 Å². The molecule has 16 heavy (non-hydrogen) atoms. The van der Waals surface area contributed by atoms with E-state index in [1.54, 1.807) is 19.1 Å². The van der Waals surface area contributed by atoms with E-state index in [9.17, 15) is 9.18 Å². The molecule has 4 nitrogen and oxygen atoms in total. The summed E-state index contributed by atoms with van der Waals surface area (Å²) in [6.45, 7) is 1.73. The van der Waals surface area contributed by atoms with Crippen LogP contribution in [0, 0.1) is 17.1 Å². The lowest BCUT2D eigenvalue weighted by atomic mass is 10.1. The molecule has 1 unspecified atom stereocenters. The SMILES string of the molecule is CC(CC(N)=O)Nc1cccc(F)c1C#N. The Morgan fingerprint density at radius 1 is 1.69 bits per heavy atom. The van der Waals surface area contributed by atoms with Crippen molar-refractivity contribution in [1.82, 2.24) is 0 Å². The number of nitrogens with zero attached hydrogens (tertiary/aromatic N) is 1. The Balaban J connectivity index is 2.85. The topological polar surface area (TPSA) is 78.9 Å². The first-order valence-electron chi connectivity index (χ1n) is 4.78. The molecule has 0 aliphatic heterocycles. The number of primary amides is 1. The summed E-state index contributed by atoms with van der Waals surface area (Å²) in [5.74, 6) is -1.03. The van der Waals surface area contributed by atoms with Gasteiger partial charge in [0.25, 0.3) is 0 Å². The number of nitriles is 1. The summed E-state index contributed by atoms with van der Waals surface area (Å²) < 4.78 is 13.2. The second kappa shape index (κ2) is 5.12. The van der Waals surface area contributed by atoms with Crippen molar-refractivity contribution in [1.29, 1.82) is 5.26 Å². The van der Waals surface area contributed by atoms with Crippen LogP contribution < -0.4 is 11.1 Å². The van der Waals surface area contributed by atoms with Crippen LogP contribution in [0.5, 0.6) is 0 Å². The molecular formula is C11H12FN3O. The number of benzene rings is 1. The fourth-order valence-electron chi connectivity index (χ4n) is 1.38. The number of hydrogen-bond donors (Lipinski definition) is 2. The van der Waals surface area contributed by atoms with E-state index in [-0.39, 0.29) is 18.0 Å². The van der Waals surface area contributed by atoms with Gasteiger partial charge in [0, 0.05) is 12.5 Å². The Hall–Kier alpha value is -2.09. The second-order valence-electron chi connectivity index (χ2n) is 3.49. The predicted molar refractivity (Wildman–Crippen MR) is 58.0 cm³/mol. The molecule has 1 aromatic rings. The van der Waals surface area contributed by atoms with Crippen molar-refractivity contribution in [2.45, 2.75) is 19.4 Å². The van der Waals surface area contributed by atoms with Crippen LogP contribution in [-0.2, 0) is 4.79 Å². The maximum Gasteiger partial charge on any atom is 0.219 e. The van der Waals surface area contributed by atoms with Gasteiger partial charge in [-0.15, -0.1) is 0 Å². The van der Waals surface area contributed by atoms with Gasteiger partial charge in [-0.1, -0.05) is 6.07 Å². The van der Waals surface area contributed by atoms with Gasteiger partial charge < -0.3 is 11.1 Å². The minimum Gasteiger partial charge on any atom is -0.381 e. The van der Waals surface area contributed by atoms with Gasteiger partial charge in [-0.05, 0) is 19.1 Å². The van der Waals surface area contributed by atoms with Crippen molar-refractivity contribution >= 4 is 11.6 Å². The molecule has 1 atom stereocenters. The van der Waals surface area contributed by atoms with Gasteiger partial charge in [0.05, 0.1) is 5.69 Å². The molecule has 0 aliphatic carbocycles. The first-order valence-corrected chi connectivity index (χ1v) is 4.78. The number of carbonyl (C=O) groups is 1. The molecule has 0 fully saturated rings. The molecule has 5 heteroatoms. The fourth-order valence-corrected chi connectivity index (χ4v) is 1.38. The molecule has 0 aromatic heterocycles. The summed E-state index contributed by atoms with van der Waals surface area (Å²) in [6.07, 6.45) is 0.126. The van der Waals surface area contributed by atoms with Gasteiger partial charge in [-0.2, -0.15) is 5.26 Å². The minimum atomic E-state index is -0.584. The Kier molecular flexibility index (Phi) is 3.84. The monoisotopic (exact) mass is 221 g/mol. The molecular weight excluding hydrogens is 209 g/mol. The van der Waals surface area contributed by atoms with Crippen molar-refractivity contribution in [3.05, 3.63) is 29.6 Å². The summed E-state index contributed by atoms with van der Waals surface area (Å²) in [7, 11) is 0. The molecule has 0 radical (unpaired) electrons. The molecule has 0 aliphatic rings. The van der Waals surface area contributed by atoms with E-state index in [0.29, 0.717) is 5.69 Å². The first kappa shape index (κ1) is 12.0. The van der Waals surface area contributed by atoms with Crippen LogP contribution in [0.1, 0.15) is 18.9 Å². The molecule has 1 rings (SSSR count). The quantitative estimate of drug-likeness (QED) is 0.806. The molecule has 0 saturated heterocycles. The molecule has 0 saturated carbocycles. The Morgan fingerprint density at radius 2 is 2.38 bits per heavy atom. The van der Waals surface area contributed by atoms with Crippen LogP contribution in [0.15, 0.2) is 18.2 Å². The van der Waals surface area contributed by atoms with Gasteiger partial charge in [-0.25, -0.2) is 4.39 Å². The third kappa shape index (κ3) is 2.95. The van der Waals surface area contributed by atoms with Crippen molar-refractivity contribution in [2.75, 3.05) is 5.32 Å². The molecule has 0 bridgehead atoms. The lowest BCUT2D eigenvalue weighted by molar-refractivity contribution is -0.118. The van der Waals surface area contributed by atoms with Crippen LogP contribution in [0.3, 0.4) is 0 Å². The summed E-state index contributed by atoms with van der Waals surface area (Å²) in [5, 5.41) is 11.6. The summed E-state index contributed by atoms with van der Waals surface area (Å²) >= 11 is 0. The third-order valence-corrected chi connectivity index (χ3v) is 2.03. The number of rotatable bonds is 4. The number of nitrogens with one attached hydrogen (secondary N) is 1. The average Bonchev–Trinajstić information content (AvgIpc) is 2.16. The smallest absolute Gasteiger partial charge is 0.219 e. The van der Waals surface area contributed by atoms with Crippen molar-refractivity contribution in [3.63, 3.8) is 0 Å². The maximum atomic E-state index is 13.2. The lowest BCUT2D eigenvalue weighted by Gasteiger charge is -2.14. The van der Waals surface area contributed by atoms with Crippen LogP contribution in [0.2, 0.25) is 0 Å². The summed E-state index contributed by atoms with van der Waals surface area (Å²) in [5.41, 5.74) is 5.34. The van der Waals surface area contributed by atoms with Crippen LogP contribution >= 0.6 is 0 Å². The van der Waals surface area contributed by atoms with Gasteiger partial charge >= 0.3 is 0 Å². The highest BCUT2D eigenvalue weighted by Crippen LogP contribution is 2.18. The molecule has 0 spiro atoms. The van der Waals surface area contributed by atoms with Crippen LogP contribution in [0.25, 0.3) is 0 Å². The Bertz CT molecular complexity index is 439. The van der Waals surface area contributed by atoms with Crippen molar-refractivity contribution in [3.8, 4) is 6.07 Å². The number of anilines is 1. The zero-order chi connectivity index (χ0) is 12.1. The normalized spacial score (nSPS) is 11.6. The first-order chi connectivity index (χ1) is 7.54. The number of carbonyl (C=O) groups excluding carboxylic acids is 1.